The van der Waals surface area contributed by atoms with Gasteiger partial charge in [0.1, 0.15) is 0 Å². The normalized spacial score (nSPS) is 23.2. The van der Waals surface area contributed by atoms with Gasteiger partial charge in [-0.15, -0.1) is 0 Å². The summed E-state index contributed by atoms with van der Waals surface area (Å²) in [6.45, 7) is 3.11. The van der Waals surface area contributed by atoms with Crippen LogP contribution in [0.15, 0.2) is 48.5 Å². The van der Waals surface area contributed by atoms with Gasteiger partial charge in [-0.05, 0) is 36.1 Å². The molecule has 6 nitrogen and oxygen atoms in total. The molecule has 2 aromatic rings. The molecule has 0 saturated carbocycles. The predicted octanol–water partition coefficient (Wildman–Crippen LogP) is 3.56. The Morgan fingerprint density at radius 3 is 2.65 bits per heavy atom. The van der Waals surface area contributed by atoms with Gasteiger partial charge in [0.2, 0.25) is 11.8 Å². The summed E-state index contributed by atoms with van der Waals surface area (Å²) in [7, 11) is 0. The first-order valence-electron chi connectivity index (χ1n) is 11.2. The van der Waals surface area contributed by atoms with Crippen molar-refractivity contribution < 1.29 is 19.1 Å². The molecule has 3 aliphatic rings. The second-order valence-electron chi connectivity index (χ2n) is 8.61. The van der Waals surface area contributed by atoms with Gasteiger partial charge in [0, 0.05) is 32.5 Å². The van der Waals surface area contributed by atoms with Gasteiger partial charge in [-0.25, -0.2) is 0 Å². The molecule has 2 amide bonds. The fourth-order valence-corrected chi connectivity index (χ4v) is 4.89. The summed E-state index contributed by atoms with van der Waals surface area (Å²) in [5.41, 5.74) is 2.18. The van der Waals surface area contributed by atoms with Crippen molar-refractivity contribution in [2.24, 2.45) is 5.92 Å². The summed E-state index contributed by atoms with van der Waals surface area (Å²) in [5, 5.41) is 0. The Labute approximate surface area is 182 Å². The topological polar surface area (TPSA) is 59.1 Å². The second kappa shape index (κ2) is 8.61. The third-order valence-corrected chi connectivity index (χ3v) is 6.47. The molecule has 0 N–H and O–H groups in total. The number of carbonyl (C=O) groups excluding carboxylic acids is 2. The number of carbonyl (C=O) groups is 2. The van der Waals surface area contributed by atoms with Crippen molar-refractivity contribution in [3.8, 4) is 11.5 Å². The highest BCUT2D eigenvalue weighted by Gasteiger charge is 2.40. The first-order valence-corrected chi connectivity index (χ1v) is 11.2. The summed E-state index contributed by atoms with van der Waals surface area (Å²) >= 11 is 0. The van der Waals surface area contributed by atoms with E-state index in [1.54, 1.807) is 0 Å². The van der Waals surface area contributed by atoms with E-state index in [0.29, 0.717) is 32.7 Å². The van der Waals surface area contributed by atoms with E-state index in [2.05, 4.69) is 0 Å². The van der Waals surface area contributed by atoms with E-state index in [4.69, 9.17) is 9.47 Å². The lowest BCUT2D eigenvalue weighted by molar-refractivity contribution is -0.136. The minimum Gasteiger partial charge on any atom is -0.490 e. The van der Waals surface area contributed by atoms with Crippen molar-refractivity contribution in [3.05, 3.63) is 59.7 Å². The molecule has 2 fully saturated rings. The zero-order valence-electron chi connectivity index (χ0n) is 17.7. The SMILES string of the molecule is O=C1C[C@@H](C(=O)N2CCC[C@H]2c2ccc3c(c2)OCCCO3)CN1Cc1ccccc1. The molecule has 0 aliphatic carbocycles. The van der Waals surface area contributed by atoms with E-state index in [0.717, 1.165) is 48.4 Å². The Balaban J connectivity index is 1.29. The van der Waals surface area contributed by atoms with Gasteiger partial charge in [0.25, 0.3) is 0 Å². The van der Waals surface area contributed by atoms with Crippen molar-refractivity contribution in [1.29, 1.82) is 0 Å². The van der Waals surface area contributed by atoms with Crippen LogP contribution in [0.3, 0.4) is 0 Å². The quantitative estimate of drug-likeness (QED) is 0.759. The van der Waals surface area contributed by atoms with Crippen LogP contribution in [0.2, 0.25) is 0 Å². The van der Waals surface area contributed by atoms with E-state index < -0.39 is 0 Å². The van der Waals surface area contributed by atoms with Gasteiger partial charge >= 0.3 is 0 Å². The van der Waals surface area contributed by atoms with Gasteiger partial charge in [-0.3, -0.25) is 9.59 Å². The number of nitrogens with zero attached hydrogens (tertiary/aromatic N) is 2. The average Bonchev–Trinajstić information content (AvgIpc) is 3.34. The maximum absolute atomic E-state index is 13.4. The van der Waals surface area contributed by atoms with Gasteiger partial charge in [0.15, 0.2) is 11.5 Å². The Kier molecular flexibility index (Phi) is 5.53. The third-order valence-electron chi connectivity index (χ3n) is 6.47. The van der Waals surface area contributed by atoms with Gasteiger partial charge in [0.05, 0.1) is 25.2 Å². The van der Waals surface area contributed by atoms with Gasteiger partial charge in [-0.1, -0.05) is 36.4 Å². The van der Waals surface area contributed by atoms with E-state index in [1.165, 1.54) is 0 Å². The summed E-state index contributed by atoms with van der Waals surface area (Å²) in [6.07, 6.45) is 3.07. The summed E-state index contributed by atoms with van der Waals surface area (Å²) < 4.78 is 11.6. The summed E-state index contributed by atoms with van der Waals surface area (Å²) in [6, 6.07) is 16.0. The Hall–Kier alpha value is -3.02. The zero-order chi connectivity index (χ0) is 21.2. The van der Waals surface area contributed by atoms with Crippen molar-refractivity contribution in [1.82, 2.24) is 9.80 Å². The van der Waals surface area contributed by atoms with Crippen molar-refractivity contribution in [2.75, 3.05) is 26.3 Å². The van der Waals surface area contributed by atoms with E-state index in [9.17, 15) is 9.59 Å². The van der Waals surface area contributed by atoms with E-state index in [-0.39, 0.29) is 23.8 Å². The van der Waals surface area contributed by atoms with Gasteiger partial charge < -0.3 is 19.3 Å². The first kappa shape index (κ1) is 19.9. The zero-order valence-corrected chi connectivity index (χ0v) is 17.7. The largest absolute Gasteiger partial charge is 0.490 e. The lowest BCUT2D eigenvalue weighted by Gasteiger charge is -2.28. The standard InChI is InChI=1S/C25H28N2O4/c28-24-15-20(17-26(24)16-18-6-2-1-3-7-18)25(29)27-11-4-8-21(27)19-9-10-22-23(14-19)31-13-5-12-30-22/h1-3,6-7,9-10,14,20-21H,4-5,8,11-13,15-17H2/t20-,21+/m1/s1. The Morgan fingerprint density at radius 1 is 1.00 bits per heavy atom. The number of amides is 2. The molecule has 0 spiro atoms. The van der Waals surface area contributed by atoms with Crippen molar-refractivity contribution in [3.63, 3.8) is 0 Å². The first-order chi connectivity index (χ1) is 15.2. The molecule has 3 heterocycles. The molecule has 2 aromatic carbocycles. The maximum atomic E-state index is 13.4. The van der Waals surface area contributed by atoms with Crippen molar-refractivity contribution >= 4 is 11.8 Å². The van der Waals surface area contributed by atoms with Crippen LogP contribution in [-0.4, -0.2) is 47.9 Å². The molecule has 5 rings (SSSR count). The molecule has 162 valence electrons. The minimum absolute atomic E-state index is 0.0305. The molecule has 0 radical (unpaired) electrons. The molecule has 3 aliphatic heterocycles. The van der Waals surface area contributed by atoms with Crippen molar-refractivity contribution in [2.45, 2.75) is 38.3 Å². The van der Waals surface area contributed by atoms with Gasteiger partial charge in [-0.2, -0.15) is 0 Å². The molecule has 2 atom stereocenters. The Bertz CT molecular complexity index is 961. The summed E-state index contributed by atoms with van der Waals surface area (Å²) in [4.78, 5) is 29.8. The second-order valence-corrected chi connectivity index (χ2v) is 8.61. The number of rotatable bonds is 4. The molecule has 0 unspecified atom stereocenters. The van der Waals surface area contributed by atoms with Crippen LogP contribution in [-0.2, 0) is 16.1 Å². The molecule has 2 saturated heterocycles. The van der Waals surface area contributed by atoms with E-state index >= 15 is 0 Å². The average molecular weight is 421 g/mol. The minimum atomic E-state index is -0.266. The molecule has 0 aromatic heterocycles. The fraction of sp³-hybridized carbons (Fsp3) is 0.440. The molecular formula is C25H28N2O4. The predicted molar refractivity (Wildman–Crippen MR) is 116 cm³/mol. The van der Waals surface area contributed by atoms with Crippen LogP contribution < -0.4 is 9.47 Å². The highest BCUT2D eigenvalue weighted by Crippen LogP contribution is 2.39. The molecular weight excluding hydrogens is 392 g/mol. The number of hydrogen-bond donors (Lipinski definition) is 0. The highest BCUT2D eigenvalue weighted by atomic mass is 16.5. The monoisotopic (exact) mass is 420 g/mol. The number of benzene rings is 2. The van der Waals surface area contributed by atoms with E-state index in [1.807, 2.05) is 58.3 Å². The molecule has 0 bridgehead atoms. The lowest BCUT2D eigenvalue weighted by Crippen LogP contribution is -2.37. The van der Waals surface area contributed by atoms with Crippen LogP contribution in [0.4, 0.5) is 0 Å². The third kappa shape index (κ3) is 4.11. The molecule has 6 heteroatoms. The number of ether oxygens (including phenoxy) is 2. The van der Waals surface area contributed by atoms with Crippen LogP contribution >= 0.6 is 0 Å². The number of likely N-dealkylation sites (tertiary alicyclic amines) is 2. The van der Waals surface area contributed by atoms with Crippen LogP contribution in [0, 0.1) is 5.92 Å². The summed E-state index contributed by atoms with van der Waals surface area (Å²) in [5.74, 6) is 1.43. The lowest BCUT2D eigenvalue weighted by atomic mass is 10.0. The highest BCUT2D eigenvalue weighted by molar-refractivity contribution is 5.89. The van der Waals surface area contributed by atoms with Crippen LogP contribution in [0.1, 0.15) is 42.9 Å². The Morgan fingerprint density at radius 2 is 1.81 bits per heavy atom. The fourth-order valence-electron chi connectivity index (χ4n) is 4.89. The smallest absolute Gasteiger partial charge is 0.228 e. The van der Waals surface area contributed by atoms with Crippen LogP contribution in [0.5, 0.6) is 11.5 Å². The molecule has 31 heavy (non-hydrogen) atoms. The maximum Gasteiger partial charge on any atom is 0.228 e. The number of hydrogen-bond acceptors (Lipinski definition) is 4. The van der Waals surface area contributed by atoms with Crippen LogP contribution in [0.25, 0.3) is 0 Å². The number of fused-ring (bicyclic) bond motifs is 1.